The molecule has 0 radical (unpaired) electrons. The van der Waals surface area contributed by atoms with Gasteiger partial charge in [0.05, 0.1) is 33.0 Å². The predicted molar refractivity (Wildman–Crippen MR) is 118 cm³/mol. The Morgan fingerprint density at radius 1 is 1.14 bits per heavy atom. The number of hydrogen-bond acceptors (Lipinski definition) is 5. The van der Waals surface area contributed by atoms with Gasteiger partial charge in [-0.1, -0.05) is 12.5 Å². The second-order valence-electron chi connectivity index (χ2n) is 8.70. The maximum absolute atomic E-state index is 6.22. The highest BCUT2D eigenvalue weighted by molar-refractivity contribution is 5.78. The summed E-state index contributed by atoms with van der Waals surface area (Å²) in [6.07, 6.45) is 8.52. The largest absolute Gasteiger partial charge is 0.493 e. The van der Waals surface area contributed by atoms with E-state index in [0.29, 0.717) is 18.7 Å². The van der Waals surface area contributed by atoms with Crippen molar-refractivity contribution in [1.29, 1.82) is 0 Å². The van der Waals surface area contributed by atoms with Crippen molar-refractivity contribution in [3.8, 4) is 11.5 Å². The van der Waals surface area contributed by atoms with E-state index in [0.717, 1.165) is 50.8 Å². The van der Waals surface area contributed by atoms with E-state index in [9.17, 15) is 0 Å². The zero-order valence-corrected chi connectivity index (χ0v) is 18.3. The number of methoxy groups -OCH3 is 1. The molecule has 5 heteroatoms. The minimum absolute atomic E-state index is 0.461. The van der Waals surface area contributed by atoms with Crippen molar-refractivity contribution in [1.82, 2.24) is 4.90 Å². The van der Waals surface area contributed by atoms with Gasteiger partial charge in [0, 0.05) is 43.0 Å². The maximum atomic E-state index is 6.22. The van der Waals surface area contributed by atoms with Gasteiger partial charge >= 0.3 is 0 Å². The van der Waals surface area contributed by atoms with Crippen molar-refractivity contribution < 1.29 is 14.2 Å². The quantitative estimate of drug-likeness (QED) is 0.636. The standard InChI is InChI=1S/C24H36N2O3/c1-18(2)26-21-8-5-4-7-19(21)15-20-16-23(27-3)24(17-22(20)26)29-12-6-9-25-10-13-28-14-11-25/h15-18,21H,4-14H2,1-3H3. The summed E-state index contributed by atoms with van der Waals surface area (Å²) in [5.41, 5.74) is 4.14. The summed E-state index contributed by atoms with van der Waals surface area (Å²) in [6.45, 7) is 10.1. The fraction of sp³-hybridized carbons (Fsp3) is 0.667. The SMILES string of the molecule is COc1cc2c(cc1OCCCN1CCOCC1)N(C(C)C)C1CCCCC1=C2. The first kappa shape index (κ1) is 20.5. The van der Waals surface area contributed by atoms with Crippen LogP contribution in [0.2, 0.25) is 0 Å². The summed E-state index contributed by atoms with van der Waals surface area (Å²) in [7, 11) is 1.74. The fourth-order valence-corrected chi connectivity index (χ4v) is 4.98. The molecular formula is C24H36N2O3. The first-order valence-electron chi connectivity index (χ1n) is 11.3. The van der Waals surface area contributed by atoms with Crippen molar-refractivity contribution in [3.05, 3.63) is 23.3 Å². The number of anilines is 1. The smallest absolute Gasteiger partial charge is 0.163 e. The van der Waals surface area contributed by atoms with Crippen LogP contribution in [0, 0.1) is 0 Å². The third-order valence-electron chi connectivity index (χ3n) is 6.43. The Morgan fingerprint density at radius 2 is 1.97 bits per heavy atom. The van der Waals surface area contributed by atoms with Gasteiger partial charge in [0.15, 0.2) is 11.5 Å². The highest BCUT2D eigenvalue weighted by Crippen LogP contribution is 2.44. The number of nitrogens with zero attached hydrogens (tertiary/aromatic N) is 2. The molecule has 2 heterocycles. The highest BCUT2D eigenvalue weighted by atomic mass is 16.5. The zero-order valence-electron chi connectivity index (χ0n) is 18.3. The Kier molecular flexibility index (Phi) is 6.66. The average Bonchev–Trinajstić information content (AvgIpc) is 2.75. The van der Waals surface area contributed by atoms with Gasteiger partial charge in [-0.3, -0.25) is 4.90 Å². The van der Waals surface area contributed by atoms with Crippen molar-refractivity contribution in [3.63, 3.8) is 0 Å². The van der Waals surface area contributed by atoms with E-state index in [1.54, 1.807) is 12.7 Å². The third-order valence-corrected chi connectivity index (χ3v) is 6.43. The Morgan fingerprint density at radius 3 is 2.72 bits per heavy atom. The van der Waals surface area contributed by atoms with Crippen LogP contribution in [0.25, 0.3) is 6.08 Å². The van der Waals surface area contributed by atoms with Crippen LogP contribution in [0.1, 0.15) is 51.5 Å². The Balaban J connectivity index is 1.50. The summed E-state index contributed by atoms with van der Waals surface area (Å²) < 4.78 is 17.3. The zero-order chi connectivity index (χ0) is 20.2. The number of hydrogen-bond donors (Lipinski definition) is 0. The number of morpholine rings is 1. The molecular weight excluding hydrogens is 364 g/mol. The molecule has 0 bridgehead atoms. The monoisotopic (exact) mass is 400 g/mol. The van der Waals surface area contributed by atoms with Crippen LogP contribution in [0.3, 0.4) is 0 Å². The van der Waals surface area contributed by atoms with Crippen molar-refractivity contribution >= 4 is 11.8 Å². The van der Waals surface area contributed by atoms with E-state index in [1.807, 2.05) is 0 Å². The minimum atomic E-state index is 0.461. The molecule has 0 amide bonds. The van der Waals surface area contributed by atoms with Crippen LogP contribution in [-0.4, -0.2) is 63.5 Å². The van der Waals surface area contributed by atoms with E-state index >= 15 is 0 Å². The first-order valence-corrected chi connectivity index (χ1v) is 11.3. The number of fused-ring (bicyclic) bond motifs is 2. The molecule has 0 aromatic heterocycles. The fourth-order valence-electron chi connectivity index (χ4n) is 4.98. The predicted octanol–water partition coefficient (Wildman–Crippen LogP) is 4.35. The lowest BCUT2D eigenvalue weighted by Gasteiger charge is -2.44. The Labute approximate surface area is 175 Å². The van der Waals surface area contributed by atoms with Gasteiger partial charge < -0.3 is 19.1 Å². The van der Waals surface area contributed by atoms with Crippen molar-refractivity contribution in [2.24, 2.45) is 0 Å². The molecule has 2 aliphatic heterocycles. The van der Waals surface area contributed by atoms with E-state index in [2.05, 4.69) is 41.9 Å². The van der Waals surface area contributed by atoms with Crippen molar-refractivity contribution in [2.45, 2.75) is 58.0 Å². The van der Waals surface area contributed by atoms with Crippen molar-refractivity contribution in [2.75, 3.05) is 51.5 Å². The molecule has 1 aromatic rings. The van der Waals surface area contributed by atoms with Crippen LogP contribution in [0.15, 0.2) is 17.7 Å². The molecule has 1 saturated heterocycles. The normalized spacial score (nSPS) is 22.1. The molecule has 160 valence electrons. The van der Waals surface area contributed by atoms with Crippen LogP contribution in [-0.2, 0) is 4.74 Å². The molecule has 3 aliphatic rings. The molecule has 2 fully saturated rings. The summed E-state index contributed by atoms with van der Waals surface area (Å²) >= 11 is 0. The van der Waals surface area contributed by atoms with E-state index in [1.165, 1.54) is 36.9 Å². The van der Waals surface area contributed by atoms with E-state index < -0.39 is 0 Å². The Hall–Kier alpha value is -1.72. The number of rotatable bonds is 7. The van der Waals surface area contributed by atoms with Crippen LogP contribution >= 0.6 is 0 Å². The second-order valence-corrected chi connectivity index (χ2v) is 8.70. The van der Waals surface area contributed by atoms with Gasteiger partial charge in [-0.05, 0) is 51.2 Å². The molecule has 1 atom stereocenters. The van der Waals surface area contributed by atoms with Gasteiger partial charge in [0.2, 0.25) is 0 Å². The topological polar surface area (TPSA) is 34.2 Å². The van der Waals surface area contributed by atoms with Gasteiger partial charge in [-0.2, -0.15) is 0 Å². The summed E-state index contributed by atoms with van der Waals surface area (Å²) in [5, 5.41) is 0. The summed E-state index contributed by atoms with van der Waals surface area (Å²) in [4.78, 5) is 5.05. The molecule has 4 rings (SSSR count). The van der Waals surface area contributed by atoms with Crippen LogP contribution in [0.5, 0.6) is 11.5 Å². The molecule has 1 aliphatic carbocycles. The average molecular weight is 401 g/mol. The van der Waals surface area contributed by atoms with Gasteiger partial charge in [-0.15, -0.1) is 0 Å². The molecule has 1 unspecified atom stereocenters. The lowest BCUT2D eigenvalue weighted by atomic mass is 9.83. The summed E-state index contributed by atoms with van der Waals surface area (Å²) in [5.74, 6) is 1.71. The number of ether oxygens (including phenoxy) is 3. The molecule has 29 heavy (non-hydrogen) atoms. The van der Waals surface area contributed by atoms with Gasteiger partial charge in [-0.25, -0.2) is 0 Å². The lowest BCUT2D eigenvalue weighted by Crippen LogP contribution is -2.45. The summed E-state index contributed by atoms with van der Waals surface area (Å²) in [6, 6.07) is 5.38. The maximum Gasteiger partial charge on any atom is 0.163 e. The molecule has 0 spiro atoms. The van der Waals surface area contributed by atoms with E-state index in [-0.39, 0.29) is 0 Å². The van der Waals surface area contributed by atoms with Gasteiger partial charge in [0.1, 0.15) is 0 Å². The lowest BCUT2D eigenvalue weighted by molar-refractivity contribution is 0.0357. The Bertz CT molecular complexity index is 725. The van der Waals surface area contributed by atoms with Gasteiger partial charge in [0.25, 0.3) is 0 Å². The molecule has 5 nitrogen and oxygen atoms in total. The molecule has 0 N–H and O–H groups in total. The second kappa shape index (κ2) is 9.40. The third kappa shape index (κ3) is 4.56. The minimum Gasteiger partial charge on any atom is -0.493 e. The molecule has 1 saturated carbocycles. The van der Waals surface area contributed by atoms with Crippen LogP contribution in [0.4, 0.5) is 5.69 Å². The van der Waals surface area contributed by atoms with Crippen LogP contribution < -0.4 is 14.4 Å². The first-order chi connectivity index (χ1) is 14.2. The number of benzene rings is 1. The van der Waals surface area contributed by atoms with E-state index in [4.69, 9.17) is 14.2 Å². The molecule has 1 aromatic carbocycles. The highest BCUT2D eigenvalue weighted by Gasteiger charge is 2.32.